The smallest absolute Gasteiger partial charge is 0.258 e. The normalized spacial score (nSPS) is 18.4. The van der Waals surface area contributed by atoms with Crippen LogP contribution in [-0.4, -0.2) is 53.3 Å². The summed E-state index contributed by atoms with van der Waals surface area (Å²) < 4.78 is 12.9. The molecule has 2 amide bonds. The SMILES string of the molecule is CNC(=O)[C@@H]1CN(C(=O)c2cccc3c2OCCO3)Cc2ccnn21. The van der Waals surface area contributed by atoms with E-state index in [9.17, 15) is 9.59 Å². The first-order valence-electron chi connectivity index (χ1n) is 8.11. The molecule has 0 bridgehead atoms. The lowest BCUT2D eigenvalue weighted by molar-refractivity contribution is -0.125. The van der Waals surface area contributed by atoms with Crippen LogP contribution in [0.25, 0.3) is 0 Å². The molecule has 0 saturated carbocycles. The molecule has 0 saturated heterocycles. The van der Waals surface area contributed by atoms with E-state index in [0.717, 1.165) is 5.69 Å². The van der Waals surface area contributed by atoms with Crippen LogP contribution in [0.2, 0.25) is 0 Å². The van der Waals surface area contributed by atoms with Crippen LogP contribution in [0.15, 0.2) is 30.5 Å². The van der Waals surface area contributed by atoms with Crippen LogP contribution < -0.4 is 14.8 Å². The predicted octanol–water partition coefficient (Wildman–Crippen LogP) is 0.597. The number of hydrogen-bond donors (Lipinski definition) is 1. The lowest BCUT2D eigenvalue weighted by Crippen LogP contribution is -2.46. The molecule has 1 aromatic heterocycles. The zero-order valence-corrected chi connectivity index (χ0v) is 13.8. The van der Waals surface area contributed by atoms with E-state index in [1.165, 1.54) is 0 Å². The number of benzene rings is 1. The molecular formula is C17H18N4O4. The molecule has 1 aromatic carbocycles. The van der Waals surface area contributed by atoms with Crippen LogP contribution >= 0.6 is 0 Å². The highest BCUT2D eigenvalue weighted by molar-refractivity contribution is 5.98. The minimum atomic E-state index is -0.551. The highest BCUT2D eigenvalue weighted by Gasteiger charge is 2.34. The molecular weight excluding hydrogens is 324 g/mol. The molecule has 8 nitrogen and oxygen atoms in total. The van der Waals surface area contributed by atoms with Crippen LogP contribution in [0.3, 0.4) is 0 Å². The van der Waals surface area contributed by atoms with Crippen LogP contribution in [-0.2, 0) is 11.3 Å². The van der Waals surface area contributed by atoms with Gasteiger partial charge in [0.15, 0.2) is 11.5 Å². The zero-order chi connectivity index (χ0) is 17.4. The van der Waals surface area contributed by atoms with Crippen molar-refractivity contribution in [1.82, 2.24) is 20.0 Å². The van der Waals surface area contributed by atoms with Gasteiger partial charge < -0.3 is 19.7 Å². The van der Waals surface area contributed by atoms with Crippen molar-refractivity contribution in [2.75, 3.05) is 26.8 Å². The van der Waals surface area contributed by atoms with Gasteiger partial charge in [0, 0.05) is 13.2 Å². The van der Waals surface area contributed by atoms with E-state index in [4.69, 9.17) is 9.47 Å². The first-order chi connectivity index (χ1) is 12.2. The summed E-state index contributed by atoms with van der Waals surface area (Å²) >= 11 is 0. The number of para-hydroxylation sites is 1. The standard InChI is InChI=1S/C17H18N4O4/c1-18-16(22)13-10-20(9-11-5-6-19-21(11)13)17(23)12-3-2-4-14-15(12)25-8-7-24-14/h2-6,13H,7-10H2,1H3,(H,18,22)/t13-/m0/s1. The van der Waals surface area contributed by atoms with Crippen molar-refractivity contribution in [2.24, 2.45) is 0 Å². The van der Waals surface area contributed by atoms with E-state index >= 15 is 0 Å². The van der Waals surface area contributed by atoms with Crippen molar-refractivity contribution in [2.45, 2.75) is 12.6 Å². The third kappa shape index (κ3) is 2.59. The second-order valence-electron chi connectivity index (χ2n) is 5.91. The van der Waals surface area contributed by atoms with Gasteiger partial charge in [-0.1, -0.05) is 6.07 Å². The number of hydrogen-bond acceptors (Lipinski definition) is 5. The van der Waals surface area contributed by atoms with Gasteiger partial charge in [0.2, 0.25) is 5.91 Å². The Morgan fingerprint density at radius 3 is 2.92 bits per heavy atom. The van der Waals surface area contributed by atoms with Crippen molar-refractivity contribution >= 4 is 11.8 Å². The average molecular weight is 342 g/mol. The van der Waals surface area contributed by atoms with Gasteiger partial charge in [0.25, 0.3) is 5.91 Å². The van der Waals surface area contributed by atoms with E-state index in [2.05, 4.69) is 10.4 Å². The van der Waals surface area contributed by atoms with Gasteiger partial charge in [-0.05, 0) is 18.2 Å². The van der Waals surface area contributed by atoms with Crippen molar-refractivity contribution in [3.8, 4) is 11.5 Å². The monoisotopic (exact) mass is 342 g/mol. The Bertz CT molecular complexity index is 832. The summed E-state index contributed by atoms with van der Waals surface area (Å²) in [6, 6.07) is 6.53. The van der Waals surface area contributed by atoms with E-state index in [0.29, 0.717) is 36.8 Å². The minimum absolute atomic E-state index is 0.183. The number of nitrogens with one attached hydrogen (secondary N) is 1. The largest absolute Gasteiger partial charge is 0.486 e. The van der Waals surface area contributed by atoms with Crippen LogP contribution in [0.5, 0.6) is 11.5 Å². The number of fused-ring (bicyclic) bond motifs is 2. The average Bonchev–Trinajstić information content (AvgIpc) is 3.14. The fraction of sp³-hybridized carbons (Fsp3) is 0.353. The fourth-order valence-electron chi connectivity index (χ4n) is 3.22. The van der Waals surface area contributed by atoms with E-state index in [-0.39, 0.29) is 18.4 Å². The molecule has 2 aliphatic heterocycles. The lowest BCUT2D eigenvalue weighted by Gasteiger charge is -2.33. The molecule has 3 heterocycles. The molecule has 2 aromatic rings. The molecule has 0 radical (unpaired) electrons. The van der Waals surface area contributed by atoms with Gasteiger partial charge in [-0.15, -0.1) is 0 Å². The van der Waals surface area contributed by atoms with Gasteiger partial charge in [-0.2, -0.15) is 5.10 Å². The number of ether oxygens (including phenoxy) is 2. The first-order valence-corrected chi connectivity index (χ1v) is 8.11. The van der Waals surface area contributed by atoms with Gasteiger partial charge in [-0.25, -0.2) is 0 Å². The Labute approximate surface area is 144 Å². The predicted molar refractivity (Wildman–Crippen MR) is 87.5 cm³/mol. The molecule has 0 unspecified atom stereocenters. The number of carbonyl (C=O) groups is 2. The molecule has 130 valence electrons. The molecule has 1 atom stereocenters. The summed E-state index contributed by atoms with van der Waals surface area (Å²) in [5, 5.41) is 6.85. The third-order valence-electron chi connectivity index (χ3n) is 4.43. The Morgan fingerprint density at radius 2 is 2.08 bits per heavy atom. The third-order valence-corrected chi connectivity index (χ3v) is 4.43. The number of nitrogens with zero attached hydrogens (tertiary/aromatic N) is 3. The van der Waals surface area contributed by atoms with Gasteiger partial charge in [-0.3, -0.25) is 14.3 Å². The highest BCUT2D eigenvalue weighted by atomic mass is 16.6. The lowest BCUT2D eigenvalue weighted by atomic mass is 10.1. The number of carbonyl (C=O) groups excluding carboxylic acids is 2. The minimum Gasteiger partial charge on any atom is -0.486 e. The highest BCUT2D eigenvalue weighted by Crippen LogP contribution is 2.35. The van der Waals surface area contributed by atoms with Crippen molar-refractivity contribution in [3.05, 3.63) is 41.7 Å². The summed E-state index contributed by atoms with van der Waals surface area (Å²) in [6.07, 6.45) is 1.64. The number of rotatable bonds is 2. The maximum atomic E-state index is 13.1. The quantitative estimate of drug-likeness (QED) is 0.864. The summed E-state index contributed by atoms with van der Waals surface area (Å²) in [7, 11) is 1.57. The number of likely N-dealkylation sites (N-methyl/N-ethyl adjacent to an activating group) is 1. The van der Waals surface area contributed by atoms with Crippen LogP contribution in [0, 0.1) is 0 Å². The van der Waals surface area contributed by atoms with Crippen molar-refractivity contribution < 1.29 is 19.1 Å². The number of aromatic nitrogens is 2. The van der Waals surface area contributed by atoms with Gasteiger partial charge in [0.05, 0.1) is 24.3 Å². The summed E-state index contributed by atoms with van der Waals surface area (Å²) in [5.41, 5.74) is 1.26. The van der Waals surface area contributed by atoms with Crippen molar-refractivity contribution in [3.63, 3.8) is 0 Å². The van der Waals surface area contributed by atoms with Gasteiger partial charge in [0.1, 0.15) is 19.3 Å². The maximum absolute atomic E-state index is 13.1. The molecule has 25 heavy (non-hydrogen) atoms. The van der Waals surface area contributed by atoms with E-state index in [1.54, 1.807) is 41.0 Å². The van der Waals surface area contributed by atoms with Crippen LogP contribution in [0.1, 0.15) is 22.1 Å². The molecule has 0 spiro atoms. The fourth-order valence-corrected chi connectivity index (χ4v) is 3.22. The Balaban J connectivity index is 1.67. The molecule has 2 aliphatic rings. The molecule has 0 fully saturated rings. The zero-order valence-electron chi connectivity index (χ0n) is 13.8. The summed E-state index contributed by atoms with van der Waals surface area (Å²) in [5.74, 6) is 0.664. The van der Waals surface area contributed by atoms with E-state index in [1.807, 2.05) is 6.07 Å². The Hall–Kier alpha value is -3.03. The Morgan fingerprint density at radius 1 is 1.24 bits per heavy atom. The summed E-state index contributed by atoms with van der Waals surface area (Å²) in [4.78, 5) is 26.9. The molecule has 8 heteroatoms. The maximum Gasteiger partial charge on any atom is 0.258 e. The summed E-state index contributed by atoms with van der Waals surface area (Å²) in [6.45, 7) is 1.51. The second-order valence-corrected chi connectivity index (χ2v) is 5.91. The van der Waals surface area contributed by atoms with Crippen LogP contribution in [0.4, 0.5) is 0 Å². The molecule has 4 rings (SSSR count). The van der Waals surface area contributed by atoms with E-state index < -0.39 is 6.04 Å². The van der Waals surface area contributed by atoms with Gasteiger partial charge >= 0.3 is 0 Å². The first kappa shape index (κ1) is 15.5. The Kier molecular flexibility index (Phi) is 3.79. The topological polar surface area (TPSA) is 85.7 Å². The number of amides is 2. The second kappa shape index (κ2) is 6.12. The molecule has 1 N–H and O–H groups in total. The molecule has 0 aliphatic carbocycles. The van der Waals surface area contributed by atoms with Crippen molar-refractivity contribution in [1.29, 1.82) is 0 Å².